The average Bonchev–Trinajstić information content (AvgIpc) is 3.35. The molecule has 1 aliphatic rings. The Morgan fingerprint density at radius 3 is 2.75 bits per heavy atom. The third kappa shape index (κ3) is 3.96. The van der Waals surface area contributed by atoms with Gasteiger partial charge in [-0.25, -0.2) is 4.68 Å². The van der Waals surface area contributed by atoms with E-state index in [2.05, 4.69) is 24.3 Å². The van der Waals surface area contributed by atoms with Gasteiger partial charge in [0.2, 0.25) is 0 Å². The van der Waals surface area contributed by atoms with Crippen molar-refractivity contribution in [2.45, 2.75) is 45.6 Å². The van der Waals surface area contributed by atoms with Gasteiger partial charge < -0.3 is 10.1 Å². The fraction of sp³-hybridized carbons (Fsp3) is 0.474. The highest BCUT2D eigenvalue weighted by Crippen LogP contribution is 2.40. The quantitative estimate of drug-likeness (QED) is 0.736. The van der Waals surface area contributed by atoms with Crippen LogP contribution in [0.1, 0.15) is 55.9 Å². The molecule has 0 spiro atoms. The zero-order chi connectivity index (χ0) is 16.9. The predicted octanol–water partition coefficient (Wildman–Crippen LogP) is 4.29. The van der Waals surface area contributed by atoms with Crippen LogP contribution < -0.4 is 10.1 Å². The minimum absolute atomic E-state index is 0.125. The zero-order valence-corrected chi connectivity index (χ0v) is 14.4. The van der Waals surface area contributed by atoms with Gasteiger partial charge in [-0.2, -0.15) is 5.10 Å². The lowest BCUT2D eigenvalue weighted by Crippen LogP contribution is -2.18. The van der Waals surface area contributed by atoms with E-state index in [1.165, 1.54) is 12.8 Å². The largest absolute Gasteiger partial charge is 0.494 e. The minimum atomic E-state index is -0.125. The molecule has 1 fully saturated rings. The second-order valence-corrected chi connectivity index (χ2v) is 6.42. The van der Waals surface area contributed by atoms with Crippen LogP contribution in [0.15, 0.2) is 36.5 Å². The molecule has 0 aliphatic heterocycles. The second-order valence-electron chi connectivity index (χ2n) is 6.42. The van der Waals surface area contributed by atoms with E-state index in [0.29, 0.717) is 24.1 Å². The van der Waals surface area contributed by atoms with Crippen LogP contribution in [0, 0.1) is 5.92 Å². The third-order valence-corrected chi connectivity index (χ3v) is 4.49. The highest BCUT2D eigenvalue weighted by Gasteiger charge is 2.30. The summed E-state index contributed by atoms with van der Waals surface area (Å²) in [4.78, 5) is 12.5. The summed E-state index contributed by atoms with van der Waals surface area (Å²) < 4.78 is 7.54. The van der Waals surface area contributed by atoms with Crippen molar-refractivity contribution >= 4 is 11.7 Å². The monoisotopic (exact) mass is 327 g/mol. The van der Waals surface area contributed by atoms with Crippen molar-refractivity contribution in [3.63, 3.8) is 0 Å². The third-order valence-electron chi connectivity index (χ3n) is 4.49. The molecule has 1 atom stereocenters. The number of aromatic nitrogens is 2. The predicted molar refractivity (Wildman–Crippen MR) is 94.5 cm³/mol. The van der Waals surface area contributed by atoms with Gasteiger partial charge in [0.1, 0.15) is 11.6 Å². The number of hydrogen-bond acceptors (Lipinski definition) is 3. The molecule has 24 heavy (non-hydrogen) atoms. The van der Waals surface area contributed by atoms with Gasteiger partial charge >= 0.3 is 0 Å². The number of amides is 1. The van der Waals surface area contributed by atoms with Gasteiger partial charge in [-0.05, 0) is 56.4 Å². The first-order chi connectivity index (χ1) is 11.7. The standard InChI is InChI=1S/C19H25N3O2/c1-3-4-13-24-17-9-7-16(8-10-17)19(23)21-18-11-12-20-22(18)14(2)15-5-6-15/h7-12,14-15H,3-6,13H2,1-2H3,(H,21,23). The van der Waals surface area contributed by atoms with Crippen LogP contribution in [0.25, 0.3) is 0 Å². The Kier molecular flexibility index (Phi) is 5.18. The Morgan fingerprint density at radius 1 is 1.33 bits per heavy atom. The number of ether oxygens (including phenoxy) is 1. The summed E-state index contributed by atoms with van der Waals surface area (Å²) >= 11 is 0. The molecule has 1 aromatic carbocycles. The molecule has 128 valence electrons. The van der Waals surface area contributed by atoms with Crippen molar-refractivity contribution in [1.82, 2.24) is 9.78 Å². The SMILES string of the molecule is CCCCOc1ccc(C(=O)Nc2ccnn2C(C)C2CC2)cc1. The molecule has 0 saturated heterocycles. The van der Waals surface area contributed by atoms with Crippen LogP contribution in [-0.2, 0) is 0 Å². The van der Waals surface area contributed by atoms with Crippen molar-refractivity contribution in [1.29, 1.82) is 0 Å². The smallest absolute Gasteiger partial charge is 0.256 e. The number of unbranched alkanes of at least 4 members (excludes halogenated alkanes) is 1. The van der Waals surface area contributed by atoms with Crippen LogP contribution in [0.2, 0.25) is 0 Å². The van der Waals surface area contributed by atoms with E-state index in [1.54, 1.807) is 18.3 Å². The molecule has 1 N–H and O–H groups in total. The number of benzene rings is 1. The normalized spacial score (nSPS) is 15.1. The Bertz CT molecular complexity index is 674. The van der Waals surface area contributed by atoms with Gasteiger partial charge in [0.15, 0.2) is 0 Å². The van der Waals surface area contributed by atoms with Gasteiger partial charge in [0.25, 0.3) is 5.91 Å². The molecular formula is C19H25N3O2. The molecule has 2 aromatic rings. The van der Waals surface area contributed by atoms with Crippen molar-refractivity contribution in [3.8, 4) is 5.75 Å². The number of carbonyl (C=O) groups is 1. The van der Waals surface area contributed by atoms with Crippen LogP contribution in [0.5, 0.6) is 5.75 Å². The van der Waals surface area contributed by atoms with E-state index in [0.717, 1.165) is 24.4 Å². The fourth-order valence-corrected chi connectivity index (χ4v) is 2.74. The maximum absolute atomic E-state index is 12.5. The fourth-order valence-electron chi connectivity index (χ4n) is 2.74. The van der Waals surface area contributed by atoms with E-state index < -0.39 is 0 Å². The highest BCUT2D eigenvalue weighted by molar-refractivity contribution is 6.03. The van der Waals surface area contributed by atoms with Gasteiger partial charge in [-0.15, -0.1) is 0 Å². The summed E-state index contributed by atoms with van der Waals surface area (Å²) in [6.07, 6.45) is 6.36. The lowest BCUT2D eigenvalue weighted by molar-refractivity contribution is 0.102. The molecule has 3 rings (SSSR count). The average molecular weight is 327 g/mol. The molecule has 0 bridgehead atoms. The Labute approximate surface area is 143 Å². The molecule has 1 aliphatic carbocycles. The zero-order valence-electron chi connectivity index (χ0n) is 14.4. The second kappa shape index (κ2) is 7.51. The van der Waals surface area contributed by atoms with Crippen molar-refractivity contribution in [3.05, 3.63) is 42.1 Å². The van der Waals surface area contributed by atoms with Crippen molar-refractivity contribution in [2.24, 2.45) is 5.92 Å². The topological polar surface area (TPSA) is 56.1 Å². The lowest BCUT2D eigenvalue weighted by atomic mass is 10.2. The van der Waals surface area contributed by atoms with E-state index in [1.807, 2.05) is 22.9 Å². The van der Waals surface area contributed by atoms with Gasteiger partial charge in [0.05, 0.1) is 18.8 Å². The first kappa shape index (κ1) is 16.6. The van der Waals surface area contributed by atoms with Crippen LogP contribution >= 0.6 is 0 Å². The molecule has 1 aromatic heterocycles. The number of nitrogens with one attached hydrogen (secondary N) is 1. The summed E-state index contributed by atoms with van der Waals surface area (Å²) in [6.45, 7) is 4.99. The summed E-state index contributed by atoms with van der Waals surface area (Å²) in [5.74, 6) is 2.11. The summed E-state index contributed by atoms with van der Waals surface area (Å²) in [6, 6.07) is 9.44. The Hall–Kier alpha value is -2.30. The molecular weight excluding hydrogens is 302 g/mol. The van der Waals surface area contributed by atoms with Crippen molar-refractivity contribution in [2.75, 3.05) is 11.9 Å². The van der Waals surface area contributed by atoms with Gasteiger partial charge in [0, 0.05) is 11.6 Å². The first-order valence-electron chi connectivity index (χ1n) is 8.76. The number of anilines is 1. The Balaban J connectivity index is 1.62. The molecule has 1 saturated carbocycles. The maximum Gasteiger partial charge on any atom is 0.256 e. The maximum atomic E-state index is 12.5. The van der Waals surface area contributed by atoms with Gasteiger partial charge in [-0.3, -0.25) is 4.79 Å². The molecule has 5 nitrogen and oxygen atoms in total. The van der Waals surface area contributed by atoms with E-state index in [-0.39, 0.29) is 5.91 Å². The van der Waals surface area contributed by atoms with E-state index in [9.17, 15) is 4.79 Å². The van der Waals surface area contributed by atoms with E-state index >= 15 is 0 Å². The first-order valence-corrected chi connectivity index (χ1v) is 8.76. The van der Waals surface area contributed by atoms with Crippen LogP contribution in [0.3, 0.4) is 0 Å². The molecule has 1 heterocycles. The minimum Gasteiger partial charge on any atom is -0.494 e. The number of hydrogen-bond donors (Lipinski definition) is 1. The van der Waals surface area contributed by atoms with Crippen LogP contribution in [0.4, 0.5) is 5.82 Å². The Morgan fingerprint density at radius 2 is 2.08 bits per heavy atom. The molecule has 1 amide bonds. The van der Waals surface area contributed by atoms with Crippen LogP contribution in [-0.4, -0.2) is 22.3 Å². The number of nitrogens with zero attached hydrogens (tertiary/aromatic N) is 2. The molecule has 0 radical (unpaired) electrons. The number of rotatable bonds is 8. The lowest BCUT2D eigenvalue weighted by Gasteiger charge is -2.15. The highest BCUT2D eigenvalue weighted by atomic mass is 16.5. The molecule has 5 heteroatoms. The summed E-state index contributed by atoms with van der Waals surface area (Å²) in [5.41, 5.74) is 0.615. The van der Waals surface area contributed by atoms with E-state index in [4.69, 9.17) is 4.74 Å². The number of carbonyl (C=O) groups excluding carboxylic acids is 1. The van der Waals surface area contributed by atoms with Crippen molar-refractivity contribution < 1.29 is 9.53 Å². The summed E-state index contributed by atoms with van der Waals surface area (Å²) in [7, 11) is 0. The summed E-state index contributed by atoms with van der Waals surface area (Å²) in [5, 5.41) is 7.32. The molecule has 1 unspecified atom stereocenters. The van der Waals surface area contributed by atoms with Gasteiger partial charge in [-0.1, -0.05) is 13.3 Å².